The van der Waals surface area contributed by atoms with E-state index in [0.29, 0.717) is 6.54 Å². The van der Waals surface area contributed by atoms with Crippen LogP contribution in [0.5, 0.6) is 5.75 Å². The highest BCUT2D eigenvalue weighted by Crippen LogP contribution is 2.32. The summed E-state index contributed by atoms with van der Waals surface area (Å²) in [6.07, 6.45) is 1.63. The summed E-state index contributed by atoms with van der Waals surface area (Å²) in [6, 6.07) is 3.89. The highest BCUT2D eigenvalue weighted by molar-refractivity contribution is 5.59. The van der Waals surface area contributed by atoms with Crippen molar-refractivity contribution >= 4 is 11.4 Å². The summed E-state index contributed by atoms with van der Waals surface area (Å²) in [5.74, 6) is -0.705. The summed E-state index contributed by atoms with van der Waals surface area (Å²) in [5, 5.41) is 17.6. The highest BCUT2D eigenvalue weighted by atomic mass is 19.1. The van der Waals surface area contributed by atoms with Gasteiger partial charge in [-0.05, 0) is 6.07 Å². The fourth-order valence-corrected chi connectivity index (χ4v) is 1.75. The van der Waals surface area contributed by atoms with Crippen LogP contribution in [0.3, 0.4) is 0 Å². The maximum Gasteiger partial charge on any atom is 0.313 e. The number of nitrogens with one attached hydrogen (secondary N) is 1. The number of halogens is 1. The van der Waals surface area contributed by atoms with Crippen molar-refractivity contribution in [2.45, 2.75) is 6.54 Å². The van der Waals surface area contributed by atoms with Crippen LogP contribution < -0.4 is 10.1 Å². The van der Waals surface area contributed by atoms with Crippen LogP contribution in [0.2, 0.25) is 0 Å². The minimum absolute atomic E-state index is 0.00362. The number of hydrogen-bond acceptors (Lipinski definition) is 5. The third-order valence-corrected chi connectivity index (χ3v) is 2.85. The number of nitro benzene ring substituents is 1. The normalized spacial score (nSPS) is 10.3. The molecule has 0 radical (unpaired) electrons. The predicted molar refractivity (Wildman–Crippen MR) is 70.1 cm³/mol. The van der Waals surface area contributed by atoms with Crippen molar-refractivity contribution in [1.29, 1.82) is 0 Å². The van der Waals surface area contributed by atoms with Crippen LogP contribution in [-0.2, 0) is 13.6 Å². The van der Waals surface area contributed by atoms with Gasteiger partial charge < -0.3 is 10.1 Å². The van der Waals surface area contributed by atoms with Crippen molar-refractivity contribution in [3.8, 4) is 5.75 Å². The summed E-state index contributed by atoms with van der Waals surface area (Å²) in [6.45, 7) is 0.342. The number of benzene rings is 1. The van der Waals surface area contributed by atoms with Gasteiger partial charge in [0, 0.05) is 19.3 Å². The lowest BCUT2D eigenvalue weighted by Crippen LogP contribution is -2.07. The Bertz CT molecular complexity index is 642. The van der Waals surface area contributed by atoms with E-state index in [1.54, 1.807) is 24.0 Å². The number of ether oxygens (including phenoxy) is 1. The van der Waals surface area contributed by atoms with Crippen LogP contribution in [0.15, 0.2) is 24.4 Å². The second-order valence-corrected chi connectivity index (χ2v) is 4.06. The number of nitrogens with zero attached hydrogens (tertiary/aromatic N) is 3. The molecule has 106 valence electrons. The molecule has 8 heteroatoms. The second-order valence-electron chi connectivity index (χ2n) is 4.06. The Morgan fingerprint density at radius 3 is 2.85 bits per heavy atom. The predicted octanol–water partition coefficient (Wildman–Crippen LogP) is 2.09. The molecule has 0 fully saturated rings. The standard InChI is InChI=1S/C12H13FN4O3/c1-16-8(3-4-15-16)7-14-10-6-12(20-2)11(17(18)19)5-9(10)13/h3-6,14H,7H2,1-2H3. The van der Waals surface area contributed by atoms with E-state index in [1.807, 2.05) is 0 Å². The summed E-state index contributed by atoms with van der Waals surface area (Å²) >= 11 is 0. The number of aryl methyl sites for hydroxylation is 1. The first-order chi connectivity index (χ1) is 9.52. The number of aromatic nitrogens is 2. The number of nitro groups is 1. The van der Waals surface area contributed by atoms with Gasteiger partial charge >= 0.3 is 5.69 Å². The molecule has 0 aliphatic heterocycles. The number of hydrogen-bond donors (Lipinski definition) is 1. The molecule has 1 heterocycles. The lowest BCUT2D eigenvalue weighted by atomic mass is 10.2. The molecule has 0 bridgehead atoms. The molecule has 20 heavy (non-hydrogen) atoms. The van der Waals surface area contributed by atoms with Gasteiger partial charge in [0.25, 0.3) is 0 Å². The van der Waals surface area contributed by atoms with Gasteiger partial charge in [-0.25, -0.2) is 4.39 Å². The van der Waals surface area contributed by atoms with E-state index in [1.165, 1.54) is 13.2 Å². The summed E-state index contributed by atoms with van der Waals surface area (Å²) < 4.78 is 20.4. The largest absolute Gasteiger partial charge is 0.490 e. The number of methoxy groups -OCH3 is 1. The molecule has 0 aliphatic rings. The molecular weight excluding hydrogens is 267 g/mol. The van der Waals surface area contributed by atoms with Gasteiger partial charge in [-0.1, -0.05) is 0 Å². The van der Waals surface area contributed by atoms with Crippen molar-refractivity contribution < 1.29 is 14.1 Å². The van der Waals surface area contributed by atoms with E-state index in [9.17, 15) is 14.5 Å². The van der Waals surface area contributed by atoms with Crippen molar-refractivity contribution in [2.24, 2.45) is 7.05 Å². The second kappa shape index (κ2) is 5.55. The molecule has 0 amide bonds. The first-order valence-corrected chi connectivity index (χ1v) is 5.75. The fraction of sp³-hybridized carbons (Fsp3) is 0.250. The SMILES string of the molecule is COc1cc(NCc2ccnn2C)c(F)cc1[N+](=O)[O-]. The Balaban J connectivity index is 2.24. The topological polar surface area (TPSA) is 82.2 Å². The van der Waals surface area contributed by atoms with Gasteiger partial charge in [-0.3, -0.25) is 14.8 Å². The first-order valence-electron chi connectivity index (χ1n) is 5.75. The van der Waals surface area contributed by atoms with Gasteiger partial charge in [-0.15, -0.1) is 0 Å². The molecule has 2 rings (SSSR count). The van der Waals surface area contributed by atoms with E-state index in [2.05, 4.69) is 10.4 Å². The third kappa shape index (κ3) is 2.68. The maximum atomic E-state index is 13.8. The molecule has 1 aromatic carbocycles. The Hall–Kier alpha value is -2.64. The van der Waals surface area contributed by atoms with Gasteiger partial charge in [0.05, 0.1) is 36.0 Å². The fourth-order valence-electron chi connectivity index (χ4n) is 1.75. The zero-order chi connectivity index (χ0) is 14.7. The van der Waals surface area contributed by atoms with Crippen molar-refractivity contribution in [3.05, 3.63) is 46.0 Å². The zero-order valence-corrected chi connectivity index (χ0v) is 11.0. The van der Waals surface area contributed by atoms with Crippen molar-refractivity contribution in [2.75, 3.05) is 12.4 Å². The number of anilines is 1. The quantitative estimate of drug-likeness (QED) is 0.669. The van der Waals surface area contributed by atoms with Gasteiger partial charge in [0.2, 0.25) is 0 Å². The zero-order valence-electron chi connectivity index (χ0n) is 11.0. The van der Waals surface area contributed by atoms with E-state index in [4.69, 9.17) is 4.74 Å². The Morgan fingerprint density at radius 1 is 1.55 bits per heavy atom. The average Bonchev–Trinajstić information content (AvgIpc) is 2.82. The molecule has 0 spiro atoms. The van der Waals surface area contributed by atoms with Crippen LogP contribution in [-0.4, -0.2) is 21.8 Å². The Morgan fingerprint density at radius 2 is 2.30 bits per heavy atom. The van der Waals surface area contributed by atoms with Crippen LogP contribution >= 0.6 is 0 Å². The lowest BCUT2D eigenvalue weighted by Gasteiger charge is -2.10. The molecule has 0 saturated carbocycles. The van der Waals surface area contributed by atoms with Crippen LogP contribution in [0.1, 0.15) is 5.69 Å². The number of rotatable bonds is 5. The molecule has 2 aromatic rings. The third-order valence-electron chi connectivity index (χ3n) is 2.85. The summed E-state index contributed by atoms with van der Waals surface area (Å²) in [7, 11) is 3.06. The van der Waals surface area contributed by atoms with E-state index >= 15 is 0 Å². The smallest absolute Gasteiger partial charge is 0.313 e. The van der Waals surface area contributed by atoms with Gasteiger partial charge in [-0.2, -0.15) is 5.10 Å². The lowest BCUT2D eigenvalue weighted by molar-refractivity contribution is -0.385. The Labute approximate surface area is 114 Å². The summed E-state index contributed by atoms with van der Waals surface area (Å²) in [5.41, 5.74) is 0.575. The molecule has 0 aliphatic carbocycles. The summed E-state index contributed by atoms with van der Waals surface area (Å²) in [4.78, 5) is 10.1. The molecular formula is C12H13FN4O3. The van der Waals surface area contributed by atoms with E-state index in [-0.39, 0.29) is 11.4 Å². The molecule has 1 N–H and O–H groups in total. The van der Waals surface area contributed by atoms with E-state index < -0.39 is 16.4 Å². The van der Waals surface area contributed by atoms with Crippen LogP contribution in [0.25, 0.3) is 0 Å². The molecule has 0 saturated heterocycles. The highest BCUT2D eigenvalue weighted by Gasteiger charge is 2.19. The average molecular weight is 280 g/mol. The minimum Gasteiger partial charge on any atom is -0.490 e. The van der Waals surface area contributed by atoms with Crippen LogP contribution in [0, 0.1) is 15.9 Å². The Kier molecular flexibility index (Phi) is 3.83. The minimum atomic E-state index is -0.709. The molecule has 7 nitrogen and oxygen atoms in total. The van der Waals surface area contributed by atoms with Crippen molar-refractivity contribution in [3.63, 3.8) is 0 Å². The molecule has 0 atom stereocenters. The van der Waals surface area contributed by atoms with E-state index in [0.717, 1.165) is 11.8 Å². The molecule has 0 unspecified atom stereocenters. The first kappa shape index (κ1) is 13.8. The van der Waals surface area contributed by atoms with Crippen molar-refractivity contribution in [1.82, 2.24) is 9.78 Å². The maximum absolute atomic E-state index is 13.8. The monoisotopic (exact) mass is 280 g/mol. The van der Waals surface area contributed by atoms with Crippen LogP contribution in [0.4, 0.5) is 15.8 Å². The van der Waals surface area contributed by atoms with Gasteiger partial charge in [0.15, 0.2) is 11.6 Å². The molecule has 1 aromatic heterocycles. The van der Waals surface area contributed by atoms with Gasteiger partial charge in [0.1, 0.15) is 0 Å².